The molecule has 26 heavy (non-hydrogen) atoms. The van der Waals surface area contributed by atoms with Gasteiger partial charge in [-0.15, -0.1) is 24.0 Å². The fourth-order valence-corrected chi connectivity index (χ4v) is 2.91. The van der Waals surface area contributed by atoms with Crippen molar-refractivity contribution < 1.29 is 9.53 Å². The molecule has 1 aromatic carbocycles. The molecule has 1 aliphatic rings. The summed E-state index contributed by atoms with van der Waals surface area (Å²) in [7, 11) is 0. The van der Waals surface area contributed by atoms with Gasteiger partial charge in [0, 0.05) is 19.6 Å². The van der Waals surface area contributed by atoms with Crippen molar-refractivity contribution in [2.75, 3.05) is 39.3 Å². The molecule has 2 rings (SSSR count). The van der Waals surface area contributed by atoms with Crippen LogP contribution in [0.3, 0.4) is 0 Å². The minimum Gasteiger partial charge on any atom is -0.492 e. The summed E-state index contributed by atoms with van der Waals surface area (Å²) in [5.41, 5.74) is 2.39. The number of carbonyl (C=O) groups is 1. The molecule has 1 heterocycles. The number of nitrogens with zero attached hydrogens (tertiary/aromatic N) is 2. The van der Waals surface area contributed by atoms with Crippen LogP contribution in [-0.2, 0) is 4.79 Å². The number of likely N-dealkylation sites (tertiary alicyclic amines) is 1. The van der Waals surface area contributed by atoms with Crippen LogP contribution in [-0.4, -0.2) is 56.1 Å². The van der Waals surface area contributed by atoms with Crippen LogP contribution < -0.4 is 15.4 Å². The lowest BCUT2D eigenvalue weighted by Gasteiger charge is -2.15. The first-order valence-electron chi connectivity index (χ1n) is 9.09. The monoisotopic (exact) mass is 474 g/mol. The topological polar surface area (TPSA) is 66.0 Å². The van der Waals surface area contributed by atoms with Gasteiger partial charge in [0.25, 0.3) is 0 Å². The van der Waals surface area contributed by atoms with E-state index in [0.29, 0.717) is 19.1 Å². The van der Waals surface area contributed by atoms with Crippen molar-refractivity contribution in [3.05, 3.63) is 29.3 Å². The average Bonchev–Trinajstić information content (AvgIpc) is 3.10. The van der Waals surface area contributed by atoms with Gasteiger partial charge in [-0.25, -0.2) is 4.99 Å². The van der Waals surface area contributed by atoms with E-state index in [1.165, 1.54) is 11.1 Å². The maximum Gasteiger partial charge on any atom is 0.244 e. The number of benzene rings is 1. The first-order valence-corrected chi connectivity index (χ1v) is 9.09. The highest BCUT2D eigenvalue weighted by Gasteiger charge is 2.17. The van der Waals surface area contributed by atoms with Crippen molar-refractivity contribution >= 4 is 35.8 Å². The normalized spacial score (nSPS) is 14.0. The second kappa shape index (κ2) is 12.0. The van der Waals surface area contributed by atoms with E-state index < -0.39 is 0 Å². The first-order chi connectivity index (χ1) is 12.1. The Bertz CT molecular complexity index is 581. The third kappa shape index (κ3) is 7.80. The number of rotatable bonds is 7. The molecule has 1 saturated heterocycles. The number of aryl methyl sites for hydroxylation is 2. The van der Waals surface area contributed by atoms with E-state index in [1.54, 1.807) is 0 Å². The largest absolute Gasteiger partial charge is 0.492 e. The summed E-state index contributed by atoms with van der Waals surface area (Å²) in [5, 5.41) is 6.37. The van der Waals surface area contributed by atoms with Gasteiger partial charge in [-0.1, -0.05) is 6.07 Å². The highest BCUT2D eigenvalue weighted by atomic mass is 127. The second-order valence-corrected chi connectivity index (χ2v) is 6.38. The van der Waals surface area contributed by atoms with Crippen molar-refractivity contribution in [1.29, 1.82) is 0 Å². The highest BCUT2D eigenvalue weighted by Crippen LogP contribution is 2.15. The zero-order valence-corrected chi connectivity index (χ0v) is 18.3. The number of guanidine groups is 1. The molecule has 0 aliphatic carbocycles. The van der Waals surface area contributed by atoms with Crippen molar-refractivity contribution in [3.63, 3.8) is 0 Å². The Morgan fingerprint density at radius 3 is 2.42 bits per heavy atom. The molecule has 0 bridgehead atoms. The molecule has 1 aliphatic heterocycles. The molecule has 1 amide bonds. The minimum atomic E-state index is 0. The van der Waals surface area contributed by atoms with Gasteiger partial charge in [-0.05, 0) is 56.9 Å². The molecule has 1 fully saturated rings. The summed E-state index contributed by atoms with van der Waals surface area (Å²) in [6, 6.07) is 6.18. The average molecular weight is 474 g/mol. The fraction of sp³-hybridized carbons (Fsp3) is 0.579. The quantitative estimate of drug-likeness (QED) is 0.276. The third-order valence-corrected chi connectivity index (χ3v) is 4.03. The molecular formula is C19H31IN4O2. The molecule has 7 heteroatoms. The summed E-state index contributed by atoms with van der Waals surface area (Å²) < 4.78 is 5.78. The SMILES string of the molecule is CCNC(=NCC(=O)N1CCCC1)NCCOc1cc(C)cc(C)c1.I. The van der Waals surface area contributed by atoms with Gasteiger partial charge >= 0.3 is 0 Å². The molecule has 1 aromatic rings. The summed E-state index contributed by atoms with van der Waals surface area (Å²) in [4.78, 5) is 18.3. The van der Waals surface area contributed by atoms with Crippen LogP contribution in [0.5, 0.6) is 5.75 Å². The lowest BCUT2D eigenvalue weighted by molar-refractivity contribution is -0.128. The number of amides is 1. The number of hydrogen-bond donors (Lipinski definition) is 2. The van der Waals surface area contributed by atoms with Crippen molar-refractivity contribution in [2.45, 2.75) is 33.6 Å². The number of halogens is 1. The first kappa shape index (κ1) is 22.5. The minimum absolute atomic E-state index is 0. The van der Waals surface area contributed by atoms with E-state index in [1.807, 2.05) is 24.0 Å². The van der Waals surface area contributed by atoms with Gasteiger partial charge in [0.15, 0.2) is 5.96 Å². The lowest BCUT2D eigenvalue weighted by Crippen LogP contribution is -2.40. The lowest BCUT2D eigenvalue weighted by atomic mass is 10.1. The second-order valence-electron chi connectivity index (χ2n) is 6.38. The van der Waals surface area contributed by atoms with Crippen molar-refractivity contribution in [3.8, 4) is 5.75 Å². The Morgan fingerprint density at radius 2 is 1.81 bits per heavy atom. The molecule has 6 nitrogen and oxygen atoms in total. The maximum absolute atomic E-state index is 12.1. The van der Waals surface area contributed by atoms with E-state index in [2.05, 4.69) is 35.5 Å². The van der Waals surface area contributed by atoms with E-state index in [9.17, 15) is 4.79 Å². The molecule has 0 saturated carbocycles. The Hall–Kier alpha value is -1.51. The highest BCUT2D eigenvalue weighted by molar-refractivity contribution is 14.0. The Morgan fingerprint density at radius 1 is 1.15 bits per heavy atom. The Balaban J connectivity index is 0.00000338. The van der Waals surface area contributed by atoms with Crippen LogP contribution >= 0.6 is 24.0 Å². The predicted molar refractivity (Wildman–Crippen MR) is 117 cm³/mol. The molecule has 0 radical (unpaired) electrons. The zero-order valence-electron chi connectivity index (χ0n) is 16.0. The van der Waals surface area contributed by atoms with Crippen LogP contribution in [0.2, 0.25) is 0 Å². The zero-order chi connectivity index (χ0) is 18.1. The Labute approximate surface area is 173 Å². The van der Waals surface area contributed by atoms with Crippen LogP contribution in [0.1, 0.15) is 30.9 Å². The van der Waals surface area contributed by atoms with Crippen LogP contribution in [0, 0.1) is 13.8 Å². The van der Waals surface area contributed by atoms with Crippen LogP contribution in [0.25, 0.3) is 0 Å². The van der Waals surface area contributed by atoms with Gasteiger partial charge in [0.05, 0.1) is 6.54 Å². The van der Waals surface area contributed by atoms with Gasteiger partial charge in [0.2, 0.25) is 5.91 Å². The number of aliphatic imine (C=N–C) groups is 1. The number of nitrogens with one attached hydrogen (secondary N) is 2. The van der Waals surface area contributed by atoms with E-state index >= 15 is 0 Å². The third-order valence-electron chi connectivity index (χ3n) is 4.03. The summed E-state index contributed by atoms with van der Waals surface area (Å²) in [5.74, 6) is 1.63. The fourth-order valence-electron chi connectivity index (χ4n) is 2.91. The number of ether oxygens (including phenoxy) is 1. The summed E-state index contributed by atoms with van der Waals surface area (Å²) >= 11 is 0. The van der Waals surface area contributed by atoms with E-state index in [-0.39, 0.29) is 36.4 Å². The molecule has 2 N–H and O–H groups in total. The Kier molecular flexibility index (Phi) is 10.4. The number of carbonyl (C=O) groups excluding carboxylic acids is 1. The van der Waals surface area contributed by atoms with Gasteiger partial charge in [-0.2, -0.15) is 0 Å². The van der Waals surface area contributed by atoms with Crippen LogP contribution in [0.4, 0.5) is 0 Å². The predicted octanol–water partition coefficient (Wildman–Crippen LogP) is 2.48. The van der Waals surface area contributed by atoms with Crippen molar-refractivity contribution in [1.82, 2.24) is 15.5 Å². The standard InChI is InChI=1S/C19H30N4O2.HI/c1-4-20-19(22-14-18(24)23-8-5-6-9-23)21-7-10-25-17-12-15(2)11-16(3)13-17;/h11-13H,4-10,14H2,1-3H3,(H2,20,21,22);1H. The summed E-state index contributed by atoms with van der Waals surface area (Å²) in [6.07, 6.45) is 2.20. The molecule has 0 spiro atoms. The molecular weight excluding hydrogens is 443 g/mol. The van der Waals surface area contributed by atoms with E-state index in [0.717, 1.165) is 38.2 Å². The summed E-state index contributed by atoms with van der Waals surface area (Å²) in [6.45, 7) is 9.95. The molecule has 0 unspecified atom stereocenters. The van der Waals surface area contributed by atoms with E-state index in [4.69, 9.17) is 4.74 Å². The van der Waals surface area contributed by atoms with Crippen molar-refractivity contribution in [2.24, 2.45) is 4.99 Å². The maximum atomic E-state index is 12.1. The smallest absolute Gasteiger partial charge is 0.244 e. The van der Waals surface area contributed by atoms with Crippen LogP contribution in [0.15, 0.2) is 23.2 Å². The molecule has 146 valence electrons. The van der Waals surface area contributed by atoms with Gasteiger partial charge in [-0.3, -0.25) is 4.79 Å². The molecule has 0 atom stereocenters. The van der Waals surface area contributed by atoms with Gasteiger partial charge in [0.1, 0.15) is 18.9 Å². The van der Waals surface area contributed by atoms with Gasteiger partial charge < -0.3 is 20.3 Å². The number of hydrogen-bond acceptors (Lipinski definition) is 3. The molecule has 0 aromatic heterocycles.